The number of allylic oxidation sites excluding steroid dienone is 6. The Bertz CT molecular complexity index is 1280. The summed E-state index contributed by atoms with van der Waals surface area (Å²) >= 11 is 0. The van der Waals surface area contributed by atoms with Gasteiger partial charge in [0.2, 0.25) is 0 Å². The molecule has 2 N–H and O–H groups in total. The zero-order valence-corrected chi connectivity index (χ0v) is 44.7. The molecule has 0 radical (unpaired) electrons. The van der Waals surface area contributed by atoms with Crippen molar-refractivity contribution in [2.75, 3.05) is 26.4 Å². The summed E-state index contributed by atoms with van der Waals surface area (Å²) in [5, 5.41) is 9.78. The molecule has 0 spiro atoms. The predicted molar refractivity (Wildman–Crippen MR) is 279 cm³/mol. The Kier molecular flexibility index (Phi) is 49.3. The van der Waals surface area contributed by atoms with Gasteiger partial charge in [-0.3, -0.25) is 23.4 Å². The van der Waals surface area contributed by atoms with Crippen LogP contribution in [0.15, 0.2) is 36.5 Å². The molecule has 0 aliphatic heterocycles. The Balaban J connectivity index is 4.72. The van der Waals surface area contributed by atoms with Crippen molar-refractivity contribution in [1.29, 1.82) is 0 Å². The SMILES string of the molecule is CCC/C=C\C/C=C\CCCCCCCC(=O)OC(CO)COP(=O)(O)OCC(COC(=O)CCCCCCC/C=C\CCCCCC)OC(=O)CCCCCCCCCCCCCCCCC. The lowest BCUT2D eigenvalue weighted by Gasteiger charge is -2.21. The summed E-state index contributed by atoms with van der Waals surface area (Å²) in [5.74, 6) is -1.47. The van der Waals surface area contributed by atoms with Gasteiger partial charge in [-0.05, 0) is 70.6 Å². The Morgan fingerprint density at radius 1 is 0.412 bits per heavy atom. The second-order valence-electron chi connectivity index (χ2n) is 18.7. The molecule has 0 aromatic carbocycles. The Morgan fingerprint density at radius 2 is 0.750 bits per heavy atom. The summed E-state index contributed by atoms with van der Waals surface area (Å²) in [7, 11) is -4.74. The van der Waals surface area contributed by atoms with E-state index in [0.717, 1.165) is 103 Å². The molecule has 0 saturated heterocycles. The first-order valence-electron chi connectivity index (χ1n) is 27.9. The van der Waals surface area contributed by atoms with E-state index >= 15 is 0 Å². The number of carbonyl (C=O) groups excluding carboxylic acids is 3. The molecule has 0 aliphatic rings. The molecule has 0 saturated carbocycles. The maximum absolute atomic E-state index is 12.9. The van der Waals surface area contributed by atoms with Crippen LogP contribution < -0.4 is 0 Å². The van der Waals surface area contributed by atoms with E-state index in [2.05, 4.69) is 57.2 Å². The highest BCUT2D eigenvalue weighted by atomic mass is 31.2. The fourth-order valence-electron chi connectivity index (χ4n) is 7.74. The molecule has 0 bridgehead atoms. The molecule has 0 rings (SSSR count). The van der Waals surface area contributed by atoms with Crippen molar-refractivity contribution < 1.29 is 52.2 Å². The van der Waals surface area contributed by atoms with E-state index in [9.17, 15) is 28.9 Å². The molecule has 0 heterocycles. The van der Waals surface area contributed by atoms with Crippen LogP contribution in [0.4, 0.5) is 0 Å². The first kappa shape index (κ1) is 65.7. The summed E-state index contributed by atoms with van der Waals surface area (Å²) in [5.41, 5.74) is 0. The number of rotatable bonds is 52. The average molecular weight is 983 g/mol. The maximum Gasteiger partial charge on any atom is 0.472 e. The van der Waals surface area contributed by atoms with Crippen LogP contribution in [-0.2, 0) is 42.2 Å². The summed E-state index contributed by atoms with van der Waals surface area (Å²) in [4.78, 5) is 48.4. The van der Waals surface area contributed by atoms with Gasteiger partial charge < -0.3 is 24.2 Å². The fraction of sp³-hybridized carbons (Fsp3) is 0.839. The molecule has 0 amide bonds. The van der Waals surface area contributed by atoms with E-state index < -0.39 is 57.8 Å². The van der Waals surface area contributed by atoms with Gasteiger partial charge in [0.1, 0.15) is 12.7 Å². The number of carbonyl (C=O) groups is 3. The molecule has 11 nitrogen and oxygen atoms in total. The van der Waals surface area contributed by atoms with Gasteiger partial charge in [0.15, 0.2) is 6.10 Å². The zero-order chi connectivity index (χ0) is 49.9. The minimum atomic E-state index is -4.74. The van der Waals surface area contributed by atoms with Gasteiger partial charge in [0, 0.05) is 19.3 Å². The van der Waals surface area contributed by atoms with Crippen LogP contribution in [-0.4, -0.2) is 66.5 Å². The highest BCUT2D eigenvalue weighted by Gasteiger charge is 2.28. The minimum Gasteiger partial charge on any atom is -0.462 e. The van der Waals surface area contributed by atoms with E-state index in [0.29, 0.717) is 19.3 Å². The number of phosphoric ester groups is 1. The first-order chi connectivity index (χ1) is 33.2. The second-order valence-corrected chi connectivity index (χ2v) is 20.2. The highest BCUT2D eigenvalue weighted by Crippen LogP contribution is 2.43. The molecule has 3 unspecified atom stereocenters. The van der Waals surface area contributed by atoms with Gasteiger partial charge in [-0.25, -0.2) is 4.57 Å². The number of hydrogen-bond donors (Lipinski definition) is 2. The second kappa shape index (κ2) is 51.1. The highest BCUT2D eigenvalue weighted by molar-refractivity contribution is 7.47. The van der Waals surface area contributed by atoms with Crippen LogP contribution in [0, 0.1) is 0 Å². The molecule has 3 atom stereocenters. The number of aliphatic hydroxyl groups excluding tert-OH is 1. The van der Waals surface area contributed by atoms with Crippen molar-refractivity contribution in [1.82, 2.24) is 0 Å². The standard InChI is InChI=1S/C56H103O11P/c1-4-7-10-13-16-19-22-25-26-29-32-35-38-41-44-47-56(60)67-53(49-63-54(58)45-42-39-36-33-30-27-23-20-17-14-11-8-5-2)51-65-68(61,62)64-50-52(48-57)66-55(59)46-43-40-37-34-31-28-24-21-18-15-12-9-6-3/h12,15,20-21,23-24,52-53,57H,4-11,13-14,16-19,22,25-51H2,1-3H3,(H,61,62)/b15-12-,23-20-,24-21-. The molecule has 68 heavy (non-hydrogen) atoms. The van der Waals surface area contributed by atoms with Crippen molar-refractivity contribution in [3.63, 3.8) is 0 Å². The Labute approximate surface area is 416 Å². The predicted octanol–water partition coefficient (Wildman–Crippen LogP) is 16.0. The summed E-state index contributed by atoms with van der Waals surface area (Å²) in [6, 6.07) is 0. The van der Waals surface area contributed by atoms with Crippen LogP contribution in [0.2, 0.25) is 0 Å². The van der Waals surface area contributed by atoms with Crippen LogP contribution in [0.1, 0.15) is 265 Å². The van der Waals surface area contributed by atoms with Gasteiger partial charge in [-0.15, -0.1) is 0 Å². The molecule has 0 aromatic heterocycles. The van der Waals surface area contributed by atoms with Gasteiger partial charge in [-0.1, -0.05) is 211 Å². The lowest BCUT2D eigenvalue weighted by molar-refractivity contribution is -0.161. The van der Waals surface area contributed by atoms with E-state index in [-0.39, 0.29) is 25.9 Å². The van der Waals surface area contributed by atoms with Crippen molar-refractivity contribution in [3.05, 3.63) is 36.5 Å². The third-order valence-electron chi connectivity index (χ3n) is 12.0. The zero-order valence-electron chi connectivity index (χ0n) is 43.8. The Morgan fingerprint density at radius 3 is 1.18 bits per heavy atom. The van der Waals surface area contributed by atoms with Gasteiger partial charge in [0.25, 0.3) is 0 Å². The van der Waals surface area contributed by atoms with Crippen molar-refractivity contribution in [3.8, 4) is 0 Å². The number of hydrogen-bond acceptors (Lipinski definition) is 10. The molecule has 398 valence electrons. The molecule has 0 fully saturated rings. The fourth-order valence-corrected chi connectivity index (χ4v) is 8.53. The summed E-state index contributed by atoms with van der Waals surface area (Å²) in [6.07, 6.45) is 51.0. The molecular weight excluding hydrogens is 880 g/mol. The average Bonchev–Trinajstić information content (AvgIpc) is 3.32. The third-order valence-corrected chi connectivity index (χ3v) is 13.0. The molecule has 0 aliphatic carbocycles. The largest absolute Gasteiger partial charge is 0.472 e. The summed E-state index contributed by atoms with van der Waals surface area (Å²) < 4.78 is 39.4. The maximum atomic E-state index is 12.9. The number of ether oxygens (including phenoxy) is 3. The smallest absolute Gasteiger partial charge is 0.462 e. The number of phosphoric acid groups is 1. The van der Waals surface area contributed by atoms with Crippen molar-refractivity contribution in [2.45, 2.75) is 277 Å². The van der Waals surface area contributed by atoms with E-state index in [4.69, 9.17) is 23.3 Å². The first-order valence-corrected chi connectivity index (χ1v) is 29.4. The number of aliphatic hydroxyl groups is 1. The van der Waals surface area contributed by atoms with Gasteiger partial charge in [0.05, 0.1) is 19.8 Å². The molecular formula is C56H103O11P. The van der Waals surface area contributed by atoms with E-state index in [1.54, 1.807) is 0 Å². The van der Waals surface area contributed by atoms with Crippen molar-refractivity contribution >= 4 is 25.7 Å². The lowest BCUT2D eigenvalue weighted by atomic mass is 10.0. The topological polar surface area (TPSA) is 155 Å². The van der Waals surface area contributed by atoms with Crippen LogP contribution in [0.25, 0.3) is 0 Å². The summed E-state index contributed by atoms with van der Waals surface area (Å²) in [6.45, 7) is 4.56. The normalized spacial score (nSPS) is 13.7. The molecule has 12 heteroatoms. The van der Waals surface area contributed by atoms with Gasteiger partial charge >= 0.3 is 25.7 Å². The lowest BCUT2D eigenvalue weighted by Crippen LogP contribution is -2.30. The Hall–Kier alpha value is -2.30. The van der Waals surface area contributed by atoms with E-state index in [1.165, 1.54) is 103 Å². The van der Waals surface area contributed by atoms with Crippen LogP contribution >= 0.6 is 7.82 Å². The van der Waals surface area contributed by atoms with Crippen LogP contribution in [0.5, 0.6) is 0 Å². The van der Waals surface area contributed by atoms with E-state index in [1.807, 2.05) is 0 Å². The number of unbranched alkanes of at least 4 members (excludes halogenated alkanes) is 29. The minimum absolute atomic E-state index is 0.163. The van der Waals surface area contributed by atoms with Crippen LogP contribution in [0.3, 0.4) is 0 Å². The monoisotopic (exact) mass is 983 g/mol. The molecule has 0 aromatic rings. The third kappa shape index (κ3) is 48.7. The van der Waals surface area contributed by atoms with Gasteiger partial charge in [-0.2, -0.15) is 0 Å². The number of esters is 3. The quantitative estimate of drug-likeness (QED) is 0.0197. The van der Waals surface area contributed by atoms with Crippen molar-refractivity contribution in [2.24, 2.45) is 0 Å².